The molecule has 2 aromatic carbocycles. The topological polar surface area (TPSA) is 29.1 Å². The molecule has 0 aliphatic heterocycles. The van der Waals surface area contributed by atoms with Gasteiger partial charge in [-0.1, -0.05) is 46.9 Å². The third-order valence-corrected chi connectivity index (χ3v) is 7.40. The van der Waals surface area contributed by atoms with Crippen LogP contribution in [-0.4, -0.2) is 30.5 Å². The van der Waals surface area contributed by atoms with E-state index < -0.39 is 83.5 Å². The number of benzene rings is 2. The molecule has 39 heavy (non-hydrogen) atoms. The molecule has 2 aromatic rings. The highest BCUT2D eigenvalue weighted by molar-refractivity contribution is 6.48. The fourth-order valence-corrected chi connectivity index (χ4v) is 4.74. The smallest absolute Gasteiger partial charge is 0.307 e. The van der Waals surface area contributed by atoms with Gasteiger partial charge in [-0.2, -0.15) is 26.3 Å². The molecule has 0 radical (unpaired) electrons. The van der Waals surface area contributed by atoms with Gasteiger partial charge in [0, 0.05) is 30.0 Å². The standard InChI is InChI=1S/C25H19Cl3F9NO/c26-18-8-13(9-19(27)22(18)28)16(24(32,33)34)10-20(29)12-1-2-15(17(7-12)25(35,36)37)21(39)11-38-14-3-5-23(30,31)6-4-14/h1-2,7-10,14,16,38H,3-6,11H2/b20-10-. The normalized spacial score (nSPS) is 17.8. The van der Waals surface area contributed by atoms with E-state index in [0.717, 1.165) is 18.2 Å². The number of alkyl halides is 8. The van der Waals surface area contributed by atoms with E-state index in [2.05, 4.69) is 5.32 Å². The fraction of sp³-hybridized carbons (Fsp3) is 0.400. The molecular weight excluding hydrogens is 608 g/mol. The van der Waals surface area contributed by atoms with E-state index in [1.807, 2.05) is 0 Å². The van der Waals surface area contributed by atoms with Crippen molar-refractivity contribution in [2.75, 3.05) is 6.54 Å². The zero-order valence-corrected chi connectivity index (χ0v) is 21.9. The van der Waals surface area contributed by atoms with Crippen LogP contribution in [0.5, 0.6) is 0 Å². The van der Waals surface area contributed by atoms with Crippen molar-refractivity contribution in [1.29, 1.82) is 0 Å². The van der Waals surface area contributed by atoms with Crippen LogP contribution in [0.25, 0.3) is 5.83 Å². The lowest BCUT2D eigenvalue weighted by Crippen LogP contribution is -2.39. The number of allylic oxidation sites excluding steroid dienone is 1. The molecule has 0 amide bonds. The van der Waals surface area contributed by atoms with Crippen LogP contribution in [-0.2, 0) is 6.18 Å². The van der Waals surface area contributed by atoms with Crippen LogP contribution >= 0.6 is 34.8 Å². The molecule has 1 atom stereocenters. The summed E-state index contributed by atoms with van der Waals surface area (Å²) in [5.74, 6) is -8.18. The van der Waals surface area contributed by atoms with Gasteiger partial charge < -0.3 is 5.32 Å². The number of Topliss-reactive ketones (excluding diaryl/α,β-unsaturated/α-hetero) is 1. The van der Waals surface area contributed by atoms with Gasteiger partial charge in [-0.25, -0.2) is 13.2 Å². The van der Waals surface area contributed by atoms with Crippen LogP contribution < -0.4 is 5.32 Å². The average Bonchev–Trinajstić information content (AvgIpc) is 2.83. The van der Waals surface area contributed by atoms with E-state index in [0.29, 0.717) is 6.07 Å². The van der Waals surface area contributed by atoms with Crippen LogP contribution in [0.4, 0.5) is 39.5 Å². The maximum absolute atomic E-state index is 15.0. The van der Waals surface area contributed by atoms with E-state index in [1.54, 1.807) is 0 Å². The summed E-state index contributed by atoms with van der Waals surface area (Å²) in [4.78, 5) is 12.5. The Morgan fingerprint density at radius 3 is 2.08 bits per heavy atom. The summed E-state index contributed by atoms with van der Waals surface area (Å²) in [6, 6.07) is 2.74. The van der Waals surface area contributed by atoms with E-state index in [4.69, 9.17) is 34.8 Å². The Bertz CT molecular complexity index is 1230. The molecule has 0 heterocycles. The van der Waals surface area contributed by atoms with Gasteiger partial charge in [0.15, 0.2) is 5.78 Å². The monoisotopic (exact) mass is 625 g/mol. The minimum Gasteiger partial charge on any atom is -0.307 e. The van der Waals surface area contributed by atoms with Crippen molar-refractivity contribution in [2.24, 2.45) is 0 Å². The molecule has 1 aliphatic carbocycles. The summed E-state index contributed by atoms with van der Waals surface area (Å²) in [6.45, 7) is -0.606. The summed E-state index contributed by atoms with van der Waals surface area (Å²) in [5, 5.41) is 1.72. The number of ketones is 1. The average molecular weight is 627 g/mol. The highest BCUT2D eigenvalue weighted by Crippen LogP contribution is 2.43. The van der Waals surface area contributed by atoms with E-state index in [-0.39, 0.29) is 40.1 Å². The first-order valence-electron chi connectivity index (χ1n) is 11.3. The lowest BCUT2D eigenvalue weighted by Gasteiger charge is -2.28. The molecule has 1 aliphatic rings. The second-order valence-corrected chi connectivity index (χ2v) is 10.2. The number of halogens is 12. The molecule has 0 spiro atoms. The predicted octanol–water partition coefficient (Wildman–Crippen LogP) is 9.67. The van der Waals surface area contributed by atoms with E-state index in [9.17, 15) is 44.3 Å². The van der Waals surface area contributed by atoms with Crippen LogP contribution in [0.1, 0.15) is 58.6 Å². The summed E-state index contributed by atoms with van der Waals surface area (Å²) >= 11 is 17.3. The summed E-state index contributed by atoms with van der Waals surface area (Å²) in [6.07, 6.45) is -11.0. The predicted molar refractivity (Wildman–Crippen MR) is 130 cm³/mol. The van der Waals surface area contributed by atoms with Crippen molar-refractivity contribution in [3.8, 4) is 0 Å². The Morgan fingerprint density at radius 2 is 1.56 bits per heavy atom. The zero-order valence-electron chi connectivity index (χ0n) is 19.6. The number of carbonyl (C=O) groups is 1. The van der Waals surface area contributed by atoms with Crippen molar-refractivity contribution in [1.82, 2.24) is 5.32 Å². The van der Waals surface area contributed by atoms with Gasteiger partial charge in [-0.3, -0.25) is 4.79 Å². The van der Waals surface area contributed by atoms with Gasteiger partial charge in [0.25, 0.3) is 0 Å². The molecule has 3 rings (SSSR count). The van der Waals surface area contributed by atoms with Gasteiger partial charge in [0.1, 0.15) is 11.7 Å². The second-order valence-electron chi connectivity index (χ2n) is 9.02. The third-order valence-electron chi connectivity index (χ3n) is 6.20. The van der Waals surface area contributed by atoms with Crippen molar-refractivity contribution < 1.29 is 44.3 Å². The molecule has 1 fully saturated rings. The molecule has 14 heteroatoms. The molecule has 2 nitrogen and oxygen atoms in total. The molecule has 0 saturated heterocycles. The number of carbonyl (C=O) groups excluding carboxylic acids is 1. The Kier molecular flexibility index (Phi) is 9.62. The Labute approximate surface area is 232 Å². The minimum atomic E-state index is -5.16. The van der Waals surface area contributed by atoms with Gasteiger partial charge in [-0.05, 0) is 42.7 Å². The maximum Gasteiger partial charge on any atom is 0.417 e. The Balaban J connectivity index is 1.90. The Morgan fingerprint density at radius 1 is 1.00 bits per heavy atom. The van der Waals surface area contributed by atoms with Crippen molar-refractivity contribution in [3.63, 3.8) is 0 Å². The largest absolute Gasteiger partial charge is 0.417 e. The first kappa shape index (κ1) is 31.6. The maximum atomic E-state index is 15.0. The SMILES string of the molecule is O=C(CNC1CCC(F)(F)CC1)c1ccc(/C(F)=C/C(c2cc(Cl)c(Cl)c(Cl)c2)C(F)(F)F)cc1C(F)(F)F. The number of rotatable bonds is 7. The number of hydrogen-bond acceptors (Lipinski definition) is 2. The van der Waals surface area contributed by atoms with Gasteiger partial charge >= 0.3 is 12.4 Å². The summed E-state index contributed by atoms with van der Waals surface area (Å²) in [5.41, 5.74) is -3.88. The first-order valence-corrected chi connectivity index (χ1v) is 12.5. The first-order chi connectivity index (χ1) is 17.9. The highest BCUT2D eigenvalue weighted by atomic mass is 35.5. The molecule has 1 N–H and O–H groups in total. The van der Waals surface area contributed by atoms with Crippen molar-refractivity contribution >= 4 is 46.4 Å². The lowest BCUT2D eigenvalue weighted by molar-refractivity contribution is -0.140. The van der Waals surface area contributed by atoms with Gasteiger partial charge in [0.05, 0.1) is 27.2 Å². The minimum absolute atomic E-state index is 0.0196. The van der Waals surface area contributed by atoms with Crippen LogP contribution in [0, 0.1) is 0 Å². The van der Waals surface area contributed by atoms with Gasteiger partial charge in [-0.15, -0.1) is 0 Å². The lowest BCUT2D eigenvalue weighted by atomic mass is 9.92. The van der Waals surface area contributed by atoms with E-state index >= 15 is 0 Å². The summed E-state index contributed by atoms with van der Waals surface area (Å²) in [7, 11) is 0. The number of nitrogens with one attached hydrogen (secondary N) is 1. The second kappa shape index (κ2) is 11.9. The molecule has 1 saturated carbocycles. The van der Waals surface area contributed by atoms with E-state index in [1.165, 1.54) is 0 Å². The third kappa shape index (κ3) is 8.05. The van der Waals surface area contributed by atoms with Crippen LogP contribution in [0.3, 0.4) is 0 Å². The quantitative estimate of drug-likeness (QED) is 0.188. The van der Waals surface area contributed by atoms with Crippen molar-refractivity contribution in [3.05, 3.63) is 73.7 Å². The van der Waals surface area contributed by atoms with Gasteiger partial charge in [0.2, 0.25) is 5.92 Å². The molecule has 0 bridgehead atoms. The zero-order chi connectivity index (χ0) is 29.3. The summed E-state index contributed by atoms with van der Waals surface area (Å²) < 4.78 is 124. The van der Waals surface area contributed by atoms with Crippen molar-refractivity contribution in [2.45, 2.75) is 55.9 Å². The fourth-order valence-electron chi connectivity index (χ4n) is 4.12. The molecule has 0 aromatic heterocycles. The van der Waals surface area contributed by atoms with Crippen LogP contribution in [0.2, 0.25) is 15.1 Å². The molecular formula is C25H19Cl3F9NO. The number of hydrogen-bond donors (Lipinski definition) is 1. The van der Waals surface area contributed by atoms with Crippen LogP contribution in [0.15, 0.2) is 36.4 Å². The Hall–Kier alpha value is -1.95. The highest BCUT2D eigenvalue weighted by Gasteiger charge is 2.41. The molecule has 214 valence electrons. The molecule has 1 unspecified atom stereocenters.